The zero-order valence-corrected chi connectivity index (χ0v) is 15.9. The summed E-state index contributed by atoms with van der Waals surface area (Å²) in [6.45, 7) is 2.21. The minimum atomic E-state index is -3.09. The van der Waals surface area contributed by atoms with Gasteiger partial charge in [0.25, 0.3) is 0 Å². The molecule has 2 aromatic rings. The van der Waals surface area contributed by atoms with Crippen molar-refractivity contribution in [2.24, 2.45) is 5.92 Å². The van der Waals surface area contributed by atoms with Gasteiger partial charge in [0.2, 0.25) is 10.0 Å². The van der Waals surface area contributed by atoms with Crippen LogP contribution in [0.5, 0.6) is 0 Å². The highest BCUT2D eigenvalue weighted by Gasteiger charge is 2.22. The van der Waals surface area contributed by atoms with E-state index in [2.05, 4.69) is 20.2 Å². The van der Waals surface area contributed by atoms with Gasteiger partial charge in [-0.2, -0.15) is 0 Å². The van der Waals surface area contributed by atoms with Crippen molar-refractivity contribution >= 4 is 27.2 Å². The van der Waals surface area contributed by atoms with Gasteiger partial charge in [0, 0.05) is 12.6 Å². The van der Waals surface area contributed by atoms with Crippen molar-refractivity contribution in [3.05, 3.63) is 29.6 Å². The van der Waals surface area contributed by atoms with Gasteiger partial charge in [-0.05, 0) is 62.1 Å². The second-order valence-corrected chi connectivity index (χ2v) is 9.44. The molecule has 0 spiro atoms. The van der Waals surface area contributed by atoms with Crippen LogP contribution in [0.15, 0.2) is 29.6 Å². The molecule has 2 N–H and O–H groups in total. The van der Waals surface area contributed by atoms with E-state index in [-0.39, 0.29) is 5.75 Å². The predicted molar refractivity (Wildman–Crippen MR) is 102 cm³/mol. The molecule has 1 saturated carbocycles. The van der Waals surface area contributed by atoms with E-state index < -0.39 is 10.0 Å². The summed E-state index contributed by atoms with van der Waals surface area (Å²) in [5.41, 5.74) is 0.896. The Bertz CT molecular complexity index is 752. The monoisotopic (exact) mass is 380 g/mol. The first kappa shape index (κ1) is 18.3. The Hall–Kier alpha value is -1.51. The summed E-state index contributed by atoms with van der Waals surface area (Å²) in [5.74, 6) is 1.37. The molecular weight excluding hydrogens is 356 g/mol. The molecule has 2 aromatic heterocycles. The molecule has 8 heteroatoms. The highest BCUT2D eigenvalue weighted by atomic mass is 32.2. The molecule has 0 aliphatic heterocycles. The zero-order chi connectivity index (χ0) is 17.7. The van der Waals surface area contributed by atoms with E-state index in [1.807, 2.05) is 29.6 Å². The molecule has 6 nitrogen and oxygen atoms in total. The fourth-order valence-electron chi connectivity index (χ4n) is 3.03. The van der Waals surface area contributed by atoms with Crippen molar-refractivity contribution < 1.29 is 8.42 Å². The zero-order valence-electron chi connectivity index (χ0n) is 14.3. The highest BCUT2D eigenvalue weighted by molar-refractivity contribution is 7.89. The number of hydrogen-bond donors (Lipinski definition) is 2. The molecule has 1 aliphatic carbocycles. The standard InChI is InChI=1S/C17H24N4O2S2/c1-2-25(22,23)18-12-13-5-7-14(8-6-13)19-17-10-9-15(20-21-17)16-4-3-11-24-16/h3-4,9-11,13-14,18H,2,5-8,12H2,1H3,(H,19,21). The Kier molecular flexibility index (Phi) is 6.03. The van der Waals surface area contributed by atoms with E-state index in [1.165, 1.54) is 0 Å². The number of aromatic nitrogens is 2. The Morgan fingerprint density at radius 3 is 2.56 bits per heavy atom. The summed E-state index contributed by atoms with van der Waals surface area (Å²) in [5, 5.41) is 14.0. The van der Waals surface area contributed by atoms with E-state index in [0.29, 0.717) is 18.5 Å². The third kappa shape index (κ3) is 5.23. The van der Waals surface area contributed by atoms with Crippen LogP contribution >= 0.6 is 11.3 Å². The summed E-state index contributed by atoms with van der Waals surface area (Å²) >= 11 is 1.65. The molecule has 2 heterocycles. The first-order chi connectivity index (χ1) is 12.1. The molecule has 0 atom stereocenters. The largest absolute Gasteiger partial charge is 0.366 e. The molecule has 0 unspecified atom stereocenters. The first-order valence-corrected chi connectivity index (χ1v) is 11.2. The first-order valence-electron chi connectivity index (χ1n) is 8.67. The molecule has 1 aliphatic rings. The molecule has 0 saturated heterocycles. The summed E-state index contributed by atoms with van der Waals surface area (Å²) < 4.78 is 25.7. The van der Waals surface area contributed by atoms with Crippen LogP contribution in [0.4, 0.5) is 5.82 Å². The normalized spacial score (nSPS) is 21.2. The van der Waals surface area contributed by atoms with Crippen molar-refractivity contribution in [2.75, 3.05) is 17.6 Å². The van der Waals surface area contributed by atoms with Crippen molar-refractivity contribution in [1.82, 2.24) is 14.9 Å². The van der Waals surface area contributed by atoms with Gasteiger partial charge in [-0.15, -0.1) is 21.5 Å². The minimum Gasteiger partial charge on any atom is -0.366 e. The van der Waals surface area contributed by atoms with Crippen molar-refractivity contribution in [3.8, 4) is 10.6 Å². The number of nitrogens with one attached hydrogen (secondary N) is 2. The lowest BCUT2D eigenvalue weighted by Gasteiger charge is -2.29. The smallest absolute Gasteiger partial charge is 0.211 e. The van der Waals surface area contributed by atoms with E-state index in [4.69, 9.17) is 0 Å². The van der Waals surface area contributed by atoms with Crippen LogP contribution in [0, 0.1) is 5.92 Å². The molecule has 0 radical (unpaired) electrons. The number of rotatable bonds is 7. The number of nitrogens with zero attached hydrogens (tertiary/aromatic N) is 2. The van der Waals surface area contributed by atoms with Crippen LogP contribution in [0.2, 0.25) is 0 Å². The molecule has 0 bridgehead atoms. The van der Waals surface area contributed by atoms with Crippen LogP contribution < -0.4 is 10.0 Å². The van der Waals surface area contributed by atoms with Gasteiger partial charge in [-0.3, -0.25) is 0 Å². The topological polar surface area (TPSA) is 84.0 Å². The quantitative estimate of drug-likeness (QED) is 0.771. The summed E-state index contributed by atoms with van der Waals surface area (Å²) in [6, 6.07) is 8.39. The third-order valence-electron chi connectivity index (χ3n) is 4.61. The maximum Gasteiger partial charge on any atom is 0.211 e. The SMILES string of the molecule is CCS(=O)(=O)NCC1CCC(Nc2ccc(-c3cccs3)nn2)CC1. The van der Waals surface area contributed by atoms with Gasteiger partial charge in [-0.1, -0.05) is 6.07 Å². The van der Waals surface area contributed by atoms with Gasteiger partial charge in [0.05, 0.1) is 10.6 Å². The molecule has 0 amide bonds. The van der Waals surface area contributed by atoms with E-state index >= 15 is 0 Å². The third-order valence-corrected chi connectivity index (χ3v) is 6.87. The highest BCUT2D eigenvalue weighted by Crippen LogP contribution is 2.27. The molecule has 136 valence electrons. The van der Waals surface area contributed by atoms with Crippen LogP contribution in [0.3, 0.4) is 0 Å². The Morgan fingerprint density at radius 1 is 1.16 bits per heavy atom. The second kappa shape index (κ2) is 8.25. The van der Waals surface area contributed by atoms with Gasteiger partial charge in [0.15, 0.2) is 0 Å². The number of anilines is 1. The molecule has 3 rings (SSSR count). The van der Waals surface area contributed by atoms with Gasteiger partial charge in [0.1, 0.15) is 11.5 Å². The molecule has 1 fully saturated rings. The Labute approximate surface area is 153 Å². The van der Waals surface area contributed by atoms with Crippen LogP contribution in [0.25, 0.3) is 10.6 Å². The minimum absolute atomic E-state index is 0.143. The maximum absolute atomic E-state index is 11.5. The summed E-state index contributed by atoms with van der Waals surface area (Å²) in [4.78, 5) is 1.12. The van der Waals surface area contributed by atoms with Crippen LogP contribution in [-0.2, 0) is 10.0 Å². The fourth-order valence-corrected chi connectivity index (χ4v) is 4.42. The van der Waals surface area contributed by atoms with Crippen LogP contribution in [-0.4, -0.2) is 37.0 Å². The second-order valence-electron chi connectivity index (χ2n) is 6.39. The average Bonchev–Trinajstić information content (AvgIpc) is 3.17. The van der Waals surface area contributed by atoms with E-state index in [1.54, 1.807) is 18.3 Å². The Morgan fingerprint density at radius 2 is 1.96 bits per heavy atom. The summed E-state index contributed by atoms with van der Waals surface area (Å²) in [7, 11) is -3.09. The number of thiophene rings is 1. The van der Waals surface area contributed by atoms with Gasteiger partial charge < -0.3 is 5.32 Å². The van der Waals surface area contributed by atoms with E-state index in [9.17, 15) is 8.42 Å². The van der Waals surface area contributed by atoms with Crippen molar-refractivity contribution in [3.63, 3.8) is 0 Å². The van der Waals surface area contributed by atoms with Gasteiger partial charge in [-0.25, -0.2) is 13.1 Å². The summed E-state index contributed by atoms with van der Waals surface area (Å²) in [6.07, 6.45) is 4.08. The maximum atomic E-state index is 11.5. The van der Waals surface area contributed by atoms with Crippen molar-refractivity contribution in [2.45, 2.75) is 38.6 Å². The molecular formula is C17H24N4O2S2. The van der Waals surface area contributed by atoms with Gasteiger partial charge >= 0.3 is 0 Å². The van der Waals surface area contributed by atoms with Crippen molar-refractivity contribution in [1.29, 1.82) is 0 Å². The lowest BCUT2D eigenvalue weighted by Crippen LogP contribution is -2.34. The lowest BCUT2D eigenvalue weighted by molar-refractivity contribution is 0.337. The Balaban J connectivity index is 1.46. The average molecular weight is 381 g/mol. The fraction of sp³-hybridized carbons (Fsp3) is 0.529. The van der Waals surface area contributed by atoms with E-state index in [0.717, 1.165) is 42.1 Å². The molecule has 25 heavy (non-hydrogen) atoms. The number of hydrogen-bond acceptors (Lipinski definition) is 6. The van der Waals surface area contributed by atoms with Crippen LogP contribution in [0.1, 0.15) is 32.6 Å². The molecule has 0 aromatic carbocycles. The number of sulfonamides is 1. The lowest BCUT2D eigenvalue weighted by atomic mass is 9.86. The predicted octanol–water partition coefficient (Wildman–Crippen LogP) is 3.12.